The van der Waals surface area contributed by atoms with Gasteiger partial charge in [-0.3, -0.25) is 4.79 Å². The Morgan fingerprint density at radius 1 is 1.11 bits per heavy atom. The zero-order valence-electron chi connectivity index (χ0n) is 10.9. The van der Waals surface area contributed by atoms with E-state index in [9.17, 15) is 9.18 Å². The van der Waals surface area contributed by atoms with Gasteiger partial charge in [-0.25, -0.2) is 4.39 Å². The van der Waals surface area contributed by atoms with Gasteiger partial charge in [0.05, 0.1) is 6.61 Å². The molecule has 2 nitrogen and oxygen atoms in total. The van der Waals surface area contributed by atoms with Crippen molar-refractivity contribution in [1.29, 1.82) is 0 Å². The summed E-state index contributed by atoms with van der Waals surface area (Å²) >= 11 is 0. The summed E-state index contributed by atoms with van der Waals surface area (Å²) in [4.78, 5) is 12.2. The maximum Gasteiger partial charge on any atom is 0.193 e. The van der Waals surface area contributed by atoms with Crippen molar-refractivity contribution in [2.75, 3.05) is 6.61 Å². The lowest BCUT2D eigenvalue weighted by atomic mass is 10.0. The Bertz CT molecular complexity index is 588. The van der Waals surface area contributed by atoms with Crippen LogP contribution in [0.1, 0.15) is 28.4 Å². The van der Waals surface area contributed by atoms with Crippen LogP contribution in [0.5, 0.6) is 5.75 Å². The van der Waals surface area contributed by atoms with E-state index in [1.807, 2.05) is 6.92 Å². The van der Waals surface area contributed by atoms with Gasteiger partial charge in [0.15, 0.2) is 5.78 Å². The van der Waals surface area contributed by atoms with E-state index in [0.717, 1.165) is 0 Å². The lowest BCUT2D eigenvalue weighted by Gasteiger charge is -2.05. The molecule has 0 spiro atoms. The van der Waals surface area contributed by atoms with E-state index in [-0.39, 0.29) is 11.6 Å². The molecule has 0 N–H and O–H groups in total. The predicted molar refractivity (Wildman–Crippen MR) is 72.2 cm³/mol. The quantitative estimate of drug-likeness (QED) is 0.780. The van der Waals surface area contributed by atoms with Crippen LogP contribution in [0.4, 0.5) is 4.39 Å². The normalized spacial score (nSPS) is 10.3. The van der Waals surface area contributed by atoms with Gasteiger partial charge in [0.1, 0.15) is 11.6 Å². The molecule has 0 amide bonds. The van der Waals surface area contributed by atoms with Crippen molar-refractivity contribution in [3.63, 3.8) is 0 Å². The van der Waals surface area contributed by atoms with E-state index in [0.29, 0.717) is 29.0 Å². The van der Waals surface area contributed by atoms with Gasteiger partial charge in [0, 0.05) is 11.1 Å². The molecule has 0 bridgehead atoms. The molecule has 0 fully saturated rings. The van der Waals surface area contributed by atoms with E-state index < -0.39 is 0 Å². The fourth-order valence-electron chi connectivity index (χ4n) is 1.77. The monoisotopic (exact) mass is 258 g/mol. The molecular weight excluding hydrogens is 243 g/mol. The number of hydrogen-bond acceptors (Lipinski definition) is 2. The first-order valence-electron chi connectivity index (χ1n) is 6.15. The topological polar surface area (TPSA) is 26.3 Å². The number of benzene rings is 2. The molecule has 2 aromatic carbocycles. The van der Waals surface area contributed by atoms with Crippen LogP contribution in [0, 0.1) is 12.7 Å². The summed E-state index contributed by atoms with van der Waals surface area (Å²) in [7, 11) is 0. The van der Waals surface area contributed by atoms with Gasteiger partial charge in [-0.05, 0) is 49.7 Å². The third-order valence-electron chi connectivity index (χ3n) is 2.86. The number of hydrogen-bond donors (Lipinski definition) is 0. The average molecular weight is 258 g/mol. The molecular formula is C16H15FO2. The summed E-state index contributed by atoms with van der Waals surface area (Å²) in [5, 5.41) is 0. The number of ether oxygens (including phenoxy) is 1. The molecule has 3 heteroatoms. The second-order valence-corrected chi connectivity index (χ2v) is 4.25. The molecule has 2 rings (SSSR count). The minimum Gasteiger partial charge on any atom is -0.494 e. The van der Waals surface area contributed by atoms with E-state index in [1.54, 1.807) is 43.3 Å². The van der Waals surface area contributed by atoms with Crippen LogP contribution in [0.15, 0.2) is 42.5 Å². The number of aryl methyl sites for hydroxylation is 1. The minimum atomic E-state index is -0.364. The maximum atomic E-state index is 13.4. The Kier molecular flexibility index (Phi) is 3.95. The lowest BCUT2D eigenvalue weighted by molar-refractivity contribution is 0.103. The molecule has 0 saturated heterocycles. The summed E-state index contributed by atoms with van der Waals surface area (Å²) in [5.74, 6) is 0.160. The average Bonchev–Trinajstić information content (AvgIpc) is 2.42. The highest BCUT2D eigenvalue weighted by Crippen LogP contribution is 2.17. The smallest absolute Gasteiger partial charge is 0.193 e. The molecule has 0 atom stereocenters. The van der Waals surface area contributed by atoms with Crippen LogP contribution in [0.3, 0.4) is 0 Å². The Hall–Kier alpha value is -2.16. The maximum absolute atomic E-state index is 13.4. The molecule has 0 unspecified atom stereocenters. The molecule has 0 saturated carbocycles. The van der Waals surface area contributed by atoms with Crippen molar-refractivity contribution in [3.05, 3.63) is 65.0 Å². The predicted octanol–water partition coefficient (Wildman–Crippen LogP) is 3.76. The highest BCUT2D eigenvalue weighted by Gasteiger charge is 2.10. The zero-order valence-corrected chi connectivity index (χ0v) is 10.9. The molecule has 2 aromatic rings. The first-order chi connectivity index (χ1) is 9.11. The van der Waals surface area contributed by atoms with Gasteiger partial charge in [-0.2, -0.15) is 0 Å². The van der Waals surface area contributed by atoms with Gasteiger partial charge in [0.2, 0.25) is 0 Å². The summed E-state index contributed by atoms with van der Waals surface area (Å²) in [6.07, 6.45) is 0. The van der Waals surface area contributed by atoms with Crippen molar-refractivity contribution in [1.82, 2.24) is 0 Å². The Morgan fingerprint density at radius 3 is 2.32 bits per heavy atom. The number of ketones is 1. The second-order valence-electron chi connectivity index (χ2n) is 4.25. The van der Waals surface area contributed by atoms with Crippen LogP contribution in [0.2, 0.25) is 0 Å². The molecule has 0 aliphatic heterocycles. The largest absolute Gasteiger partial charge is 0.494 e. The molecule has 19 heavy (non-hydrogen) atoms. The van der Waals surface area contributed by atoms with Crippen LogP contribution in [0.25, 0.3) is 0 Å². The first kappa shape index (κ1) is 13.3. The Balaban J connectivity index is 2.25. The third-order valence-corrected chi connectivity index (χ3v) is 2.86. The highest BCUT2D eigenvalue weighted by molar-refractivity contribution is 6.09. The van der Waals surface area contributed by atoms with E-state index >= 15 is 0 Å². The lowest BCUT2D eigenvalue weighted by Crippen LogP contribution is -2.02. The summed E-state index contributed by atoms with van der Waals surface area (Å²) in [6, 6.07) is 11.4. The van der Waals surface area contributed by atoms with Gasteiger partial charge in [0.25, 0.3) is 0 Å². The summed E-state index contributed by atoms with van der Waals surface area (Å²) in [6.45, 7) is 4.14. The minimum absolute atomic E-state index is 0.193. The van der Waals surface area contributed by atoms with Gasteiger partial charge in [-0.15, -0.1) is 0 Å². The Morgan fingerprint density at radius 2 is 1.74 bits per heavy atom. The fraction of sp³-hybridized carbons (Fsp3) is 0.188. The molecule has 0 aliphatic rings. The highest BCUT2D eigenvalue weighted by atomic mass is 19.1. The van der Waals surface area contributed by atoms with Gasteiger partial charge >= 0.3 is 0 Å². The van der Waals surface area contributed by atoms with Crippen LogP contribution >= 0.6 is 0 Å². The van der Waals surface area contributed by atoms with Crippen LogP contribution in [-0.4, -0.2) is 12.4 Å². The second kappa shape index (κ2) is 5.65. The van der Waals surface area contributed by atoms with Crippen LogP contribution < -0.4 is 4.74 Å². The summed E-state index contributed by atoms with van der Waals surface area (Å²) in [5.41, 5.74) is 1.40. The third kappa shape index (κ3) is 2.99. The van der Waals surface area contributed by atoms with Crippen molar-refractivity contribution < 1.29 is 13.9 Å². The Labute approximate surface area is 111 Å². The standard InChI is InChI=1S/C16H15FO2/c1-3-19-14-8-6-12(7-9-14)16(18)13-5-4-11(2)15(17)10-13/h4-10H,3H2,1-2H3. The number of rotatable bonds is 4. The van der Waals surface area contributed by atoms with Crippen molar-refractivity contribution >= 4 is 5.78 Å². The number of carbonyl (C=O) groups is 1. The molecule has 0 aliphatic carbocycles. The van der Waals surface area contributed by atoms with E-state index in [1.165, 1.54) is 6.07 Å². The van der Waals surface area contributed by atoms with E-state index in [2.05, 4.69) is 0 Å². The number of halogens is 1. The van der Waals surface area contributed by atoms with Crippen molar-refractivity contribution in [3.8, 4) is 5.75 Å². The molecule has 0 radical (unpaired) electrons. The van der Waals surface area contributed by atoms with Crippen molar-refractivity contribution in [2.45, 2.75) is 13.8 Å². The zero-order chi connectivity index (χ0) is 13.8. The molecule has 0 heterocycles. The van der Waals surface area contributed by atoms with Gasteiger partial charge < -0.3 is 4.74 Å². The molecule has 0 aromatic heterocycles. The van der Waals surface area contributed by atoms with Crippen molar-refractivity contribution in [2.24, 2.45) is 0 Å². The van der Waals surface area contributed by atoms with E-state index in [4.69, 9.17) is 4.74 Å². The SMILES string of the molecule is CCOc1ccc(C(=O)c2ccc(C)c(F)c2)cc1. The van der Waals surface area contributed by atoms with Gasteiger partial charge in [-0.1, -0.05) is 12.1 Å². The first-order valence-corrected chi connectivity index (χ1v) is 6.15. The van der Waals surface area contributed by atoms with Crippen LogP contribution in [-0.2, 0) is 0 Å². The number of carbonyl (C=O) groups excluding carboxylic acids is 1. The fourth-order valence-corrected chi connectivity index (χ4v) is 1.77. The molecule has 98 valence electrons. The summed E-state index contributed by atoms with van der Waals surface area (Å²) < 4.78 is 18.8.